The minimum absolute atomic E-state index is 0.0259. The highest BCUT2D eigenvalue weighted by molar-refractivity contribution is 5.98. The highest BCUT2D eigenvalue weighted by Crippen LogP contribution is 2.11. The lowest BCUT2D eigenvalue weighted by Gasteiger charge is -2.06. The number of nitrogens with one attached hydrogen (secondary N) is 1. The molecule has 16 heavy (non-hydrogen) atoms. The van der Waals surface area contributed by atoms with Crippen LogP contribution in [-0.4, -0.2) is 34.1 Å². The van der Waals surface area contributed by atoms with Gasteiger partial charge < -0.3 is 15.2 Å². The molecule has 1 amide bonds. The summed E-state index contributed by atoms with van der Waals surface area (Å²) in [5.74, 6) is -1.32. The molecule has 0 bridgehead atoms. The summed E-state index contributed by atoms with van der Waals surface area (Å²) in [4.78, 5) is 29.3. The van der Waals surface area contributed by atoms with Crippen LogP contribution in [0.2, 0.25) is 0 Å². The minimum atomic E-state index is -1.20. The highest BCUT2D eigenvalue weighted by atomic mass is 16.5. The Morgan fingerprint density at radius 3 is 2.75 bits per heavy atom. The van der Waals surface area contributed by atoms with Crippen molar-refractivity contribution in [2.24, 2.45) is 0 Å². The number of anilines is 1. The molecule has 7 heteroatoms. The number of carboxylic acid groups (broad SMARTS) is 1. The third kappa shape index (κ3) is 2.99. The number of rotatable bonds is 4. The molecule has 7 nitrogen and oxygen atoms in total. The van der Waals surface area contributed by atoms with Crippen molar-refractivity contribution in [3.63, 3.8) is 0 Å². The molecule has 0 unspecified atom stereocenters. The molecular weight excluding hydrogens is 214 g/mol. The number of aromatic nitrogens is 2. The number of carbonyl (C=O) groups excluding carboxylic acids is 1. The van der Waals surface area contributed by atoms with Crippen molar-refractivity contribution in [2.75, 3.05) is 12.4 Å². The number of ether oxygens (including phenoxy) is 1. The second kappa shape index (κ2) is 5.17. The number of nitrogens with zero attached hydrogens (tertiary/aromatic N) is 2. The molecule has 2 N–H and O–H groups in total. The van der Waals surface area contributed by atoms with Crippen LogP contribution in [0.5, 0.6) is 0 Å². The first-order valence-corrected chi connectivity index (χ1v) is 4.40. The van der Waals surface area contributed by atoms with Crippen LogP contribution in [0.1, 0.15) is 23.1 Å². The summed E-state index contributed by atoms with van der Waals surface area (Å²) in [6.07, 6.45) is 1.13. The zero-order valence-corrected chi connectivity index (χ0v) is 8.85. The third-order valence-corrected chi connectivity index (χ3v) is 1.64. The van der Waals surface area contributed by atoms with Crippen LogP contribution in [0.15, 0.2) is 6.20 Å². The Morgan fingerprint density at radius 2 is 2.25 bits per heavy atom. The van der Waals surface area contributed by atoms with Crippen LogP contribution in [0, 0.1) is 0 Å². The number of carbonyl (C=O) groups is 2. The molecule has 1 heterocycles. The predicted molar refractivity (Wildman–Crippen MR) is 54.0 cm³/mol. The Morgan fingerprint density at radius 1 is 1.56 bits per heavy atom. The fourth-order valence-corrected chi connectivity index (χ4v) is 1.04. The van der Waals surface area contributed by atoms with E-state index in [1.807, 2.05) is 0 Å². The summed E-state index contributed by atoms with van der Waals surface area (Å²) in [5, 5.41) is 11.2. The van der Waals surface area contributed by atoms with E-state index in [-0.39, 0.29) is 18.0 Å². The maximum Gasteiger partial charge on any atom is 0.341 e. The van der Waals surface area contributed by atoms with Crippen LogP contribution in [0.4, 0.5) is 5.82 Å². The van der Waals surface area contributed by atoms with E-state index in [1.165, 1.54) is 14.0 Å². The molecule has 0 aliphatic heterocycles. The molecule has 0 spiro atoms. The van der Waals surface area contributed by atoms with E-state index >= 15 is 0 Å². The average molecular weight is 225 g/mol. The lowest BCUT2D eigenvalue weighted by atomic mass is 10.3. The SMILES string of the molecule is COCc1ncc(C(=O)O)c(NC(C)=O)n1. The Kier molecular flexibility index (Phi) is 3.90. The predicted octanol–water partition coefficient (Wildman–Crippen LogP) is 0.280. The van der Waals surface area contributed by atoms with Gasteiger partial charge >= 0.3 is 5.97 Å². The highest BCUT2D eigenvalue weighted by Gasteiger charge is 2.14. The fraction of sp³-hybridized carbons (Fsp3) is 0.333. The number of amides is 1. The monoisotopic (exact) mass is 225 g/mol. The van der Waals surface area contributed by atoms with E-state index in [0.29, 0.717) is 5.82 Å². The summed E-state index contributed by atoms with van der Waals surface area (Å²) >= 11 is 0. The largest absolute Gasteiger partial charge is 0.477 e. The maximum absolute atomic E-state index is 10.9. The molecule has 0 aliphatic rings. The number of hydrogen-bond acceptors (Lipinski definition) is 5. The van der Waals surface area contributed by atoms with E-state index in [1.54, 1.807) is 0 Å². The van der Waals surface area contributed by atoms with Gasteiger partial charge in [0.15, 0.2) is 11.6 Å². The Labute approximate surface area is 91.5 Å². The molecule has 1 rings (SSSR count). The van der Waals surface area contributed by atoms with Crippen molar-refractivity contribution < 1.29 is 19.4 Å². The molecule has 0 aliphatic carbocycles. The number of carboxylic acids is 1. The topological polar surface area (TPSA) is 101 Å². The maximum atomic E-state index is 10.9. The van der Waals surface area contributed by atoms with Crippen LogP contribution >= 0.6 is 0 Å². The lowest BCUT2D eigenvalue weighted by Crippen LogP contribution is -2.14. The number of methoxy groups -OCH3 is 1. The summed E-state index contributed by atoms with van der Waals surface area (Å²) < 4.78 is 4.80. The van der Waals surface area contributed by atoms with Gasteiger partial charge in [0.25, 0.3) is 0 Å². The van der Waals surface area contributed by atoms with Crippen molar-refractivity contribution in [2.45, 2.75) is 13.5 Å². The Bertz CT molecular complexity index is 419. The summed E-state index contributed by atoms with van der Waals surface area (Å²) in [7, 11) is 1.46. The number of hydrogen-bond donors (Lipinski definition) is 2. The average Bonchev–Trinajstić information content (AvgIpc) is 2.16. The minimum Gasteiger partial charge on any atom is -0.477 e. The Balaban J connectivity index is 3.10. The van der Waals surface area contributed by atoms with Crippen molar-refractivity contribution >= 4 is 17.7 Å². The van der Waals surface area contributed by atoms with Gasteiger partial charge in [-0.05, 0) is 0 Å². The normalized spacial score (nSPS) is 9.88. The van der Waals surface area contributed by atoms with Gasteiger partial charge in [-0.25, -0.2) is 14.8 Å². The van der Waals surface area contributed by atoms with E-state index in [2.05, 4.69) is 15.3 Å². The van der Waals surface area contributed by atoms with Gasteiger partial charge in [-0.1, -0.05) is 0 Å². The van der Waals surface area contributed by atoms with Crippen LogP contribution < -0.4 is 5.32 Å². The van der Waals surface area contributed by atoms with Gasteiger partial charge in [0.1, 0.15) is 12.2 Å². The first kappa shape index (κ1) is 12.1. The molecule has 0 saturated carbocycles. The van der Waals surface area contributed by atoms with Gasteiger partial charge in [-0.2, -0.15) is 0 Å². The van der Waals surface area contributed by atoms with Crippen molar-refractivity contribution in [3.8, 4) is 0 Å². The number of aromatic carboxylic acids is 1. The molecule has 0 aromatic carbocycles. The first-order valence-electron chi connectivity index (χ1n) is 4.40. The van der Waals surface area contributed by atoms with E-state index in [9.17, 15) is 9.59 Å². The van der Waals surface area contributed by atoms with E-state index < -0.39 is 11.9 Å². The summed E-state index contributed by atoms with van der Waals surface area (Å²) in [5.41, 5.74) is -0.157. The molecular formula is C9H11N3O4. The van der Waals surface area contributed by atoms with Crippen molar-refractivity contribution in [1.29, 1.82) is 0 Å². The van der Waals surface area contributed by atoms with Crippen LogP contribution in [0.3, 0.4) is 0 Å². The second-order valence-corrected chi connectivity index (χ2v) is 2.97. The van der Waals surface area contributed by atoms with Gasteiger partial charge in [-0.15, -0.1) is 0 Å². The molecule has 86 valence electrons. The zero-order chi connectivity index (χ0) is 12.1. The van der Waals surface area contributed by atoms with Gasteiger partial charge in [0.05, 0.1) is 0 Å². The van der Waals surface area contributed by atoms with Gasteiger partial charge in [-0.3, -0.25) is 4.79 Å². The quantitative estimate of drug-likeness (QED) is 0.763. The van der Waals surface area contributed by atoms with Crippen LogP contribution in [-0.2, 0) is 16.1 Å². The summed E-state index contributed by atoms with van der Waals surface area (Å²) in [6.45, 7) is 1.41. The van der Waals surface area contributed by atoms with Gasteiger partial charge in [0, 0.05) is 20.2 Å². The molecule has 0 atom stereocenters. The molecule has 0 fully saturated rings. The Hall–Kier alpha value is -2.02. The van der Waals surface area contributed by atoms with Crippen molar-refractivity contribution in [1.82, 2.24) is 9.97 Å². The first-order chi connectivity index (χ1) is 7.54. The standard InChI is InChI=1S/C9H11N3O4/c1-5(13)11-8-6(9(14)15)3-10-7(12-8)4-16-2/h3H,4H2,1-2H3,(H,14,15)(H,10,11,12,13). The smallest absolute Gasteiger partial charge is 0.341 e. The van der Waals surface area contributed by atoms with Crippen LogP contribution in [0.25, 0.3) is 0 Å². The molecule has 0 saturated heterocycles. The van der Waals surface area contributed by atoms with Gasteiger partial charge in [0.2, 0.25) is 5.91 Å². The second-order valence-electron chi connectivity index (χ2n) is 2.97. The zero-order valence-electron chi connectivity index (χ0n) is 8.85. The molecule has 0 radical (unpaired) electrons. The third-order valence-electron chi connectivity index (χ3n) is 1.64. The van der Waals surface area contributed by atoms with E-state index in [0.717, 1.165) is 6.20 Å². The van der Waals surface area contributed by atoms with Crippen molar-refractivity contribution in [3.05, 3.63) is 17.6 Å². The fourth-order valence-electron chi connectivity index (χ4n) is 1.04. The summed E-state index contributed by atoms with van der Waals surface area (Å²) in [6, 6.07) is 0. The molecule has 1 aromatic heterocycles. The lowest BCUT2D eigenvalue weighted by molar-refractivity contribution is -0.114. The molecule has 1 aromatic rings. The van der Waals surface area contributed by atoms with E-state index in [4.69, 9.17) is 9.84 Å².